The number of benzene rings is 1. The Hall–Kier alpha value is -0.810. The molecule has 0 amide bonds. The van der Waals surface area contributed by atoms with Gasteiger partial charge in [0, 0.05) is 18.0 Å². The smallest absolute Gasteiger partial charge is 0.262 e. The van der Waals surface area contributed by atoms with E-state index in [-0.39, 0.29) is 18.0 Å². The lowest BCUT2D eigenvalue weighted by Gasteiger charge is -2.11. The molecule has 1 aromatic carbocycles. The Labute approximate surface area is 96.3 Å². The van der Waals surface area contributed by atoms with Crippen molar-refractivity contribution < 1.29 is 17.6 Å². The summed E-state index contributed by atoms with van der Waals surface area (Å²) in [4.78, 5) is 0. The third-order valence-corrected chi connectivity index (χ3v) is 2.44. The van der Waals surface area contributed by atoms with E-state index in [1.54, 1.807) is 0 Å². The highest BCUT2D eigenvalue weighted by molar-refractivity contribution is 5.85. The molecule has 0 bridgehead atoms. The molecule has 1 fully saturated rings. The maximum atomic E-state index is 13.2. The van der Waals surface area contributed by atoms with Gasteiger partial charge in [0.15, 0.2) is 0 Å². The summed E-state index contributed by atoms with van der Waals surface area (Å²) in [7, 11) is 0. The summed E-state index contributed by atoms with van der Waals surface area (Å²) >= 11 is 0. The SMILES string of the molecule is Cl.Fc1ccc(F)c([C@H]2CC(F)(F)CN2)c1. The van der Waals surface area contributed by atoms with Gasteiger partial charge in [-0.25, -0.2) is 17.6 Å². The van der Waals surface area contributed by atoms with Gasteiger partial charge in [-0.3, -0.25) is 0 Å². The van der Waals surface area contributed by atoms with E-state index in [1.165, 1.54) is 0 Å². The summed E-state index contributed by atoms with van der Waals surface area (Å²) < 4.78 is 51.7. The van der Waals surface area contributed by atoms with Crippen molar-refractivity contribution in [2.24, 2.45) is 0 Å². The highest BCUT2D eigenvalue weighted by atomic mass is 35.5. The molecule has 0 unspecified atom stereocenters. The molecule has 0 aliphatic carbocycles. The predicted octanol–water partition coefficient (Wildman–Crippen LogP) is 3.06. The quantitative estimate of drug-likeness (QED) is 0.761. The number of hydrogen-bond acceptors (Lipinski definition) is 1. The maximum Gasteiger partial charge on any atom is 0.262 e. The van der Waals surface area contributed by atoms with Crippen LogP contribution in [0.25, 0.3) is 0 Å². The van der Waals surface area contributed by atoms with E-state index in [1.807, 2.05) is 0 Å². The van der Waals surface area contributed by atoms with Crippen molar-refractivity contribution in [1.29, 1.82) is 0 Å². The van der Waals surface area contributed by atoms with Gasteiger partial charge in [-0.15, -0.1) is 12.4 Å². The van der Waals surface area contributed by atoms with Gasteiger partial charge >= 0.3 is 0 Å². The Balaban J connectivity index is 0.00000128. The molecule has 0 spiro atoms. The van der Waals surface area contributed by atoms with E-state index < -0.39 is 36.6 Å². The van der Waals surface area contributed by atoms with Gasteiger partial charge in [0.1, 0.15) is 11.6 Å². The zero-order valence-corrected chi connectivity index (χ0v) is 8.96. The third-order valence-electron chi connectivity index (χ3n) is 2.44. The molecule has 1 aromatic rings. The average molecular weight is 256 g/mol. The fourth-order valence-corrected chi connectivity index (χ4v) is 1.72. The van der Waals surface area contributed by atoms with E-state index in [0.29, 0.717) is 0 Å². The van der Waals surface area contributed by atoms with Gasteiger partial charge in [0.25, 0.3) is 5.92 Å². The van der Waals surface area contributed by atoms with Crippen LogP contribution >= 0.6 is 12.4 Å². The highest BCUT2D eigenvalue weighted by Gasteiger charge is 2.40. The standard InChI is InChI=1S/C10H9F4N.ClH/c11-6-1-2-8(12)7(3-6)9-4-10(13,14)5-15-9;/h1-3,9,15H,4-5H2;1H/t9-;/m1./s1. The van der Waals surface area contributed by atoms with E-state index in [0.717, 1.165) is 18.2 Å². The van der Waals surface area contributed by atoms with Crippen molar-refractivity contribution in [3.63, 3.8) is 0 Å². The number of rotatable bonds is 1. The molecular weight excluding hydrogens is 246 g/mol. The Morgan fingerprint density at radius 1 is 1.25 bits per heavy atom. The van der Waals surface area contributed by atoms with Crippen LogP contribution in [0.3, 0.4) is 0 Å². The molecule has 2 rings (SSSR count). The first kappa shape index (κ1) is 13.3. The molecule has 1 nitrogen and oxygen atoms in total. The normalized spacial score (nSPS) is 22.9. The first-order chi connectivity index (χ1) is 6.98. The first-order valence-corrected chi connectivity index (χ1v) is 4.54. The average Bonchev–Trinajstić information content (AvgIpc) is 2.50. The van der Waals surface area contributed by atoms with Gasteiger partial charge in [-0.05, 0) is 18.2 Å². The lowest BCUT2D eigenvalue weighted by molar-refractivity contribution is 0.0209. The Kier molecular flexibility index (Phi) is 3.80. The van der Waals surface area contributed by atoms with Crippen molar-refractivity contribution >= 4 is 12.4 Å². The maximum absolute atomic E-state index is 13.2. The van der Waals surface area contributed by atoms with E-state index in [9.17, 15) is 17.6 Å². The molecule has 90 valence electrons. The van der Waals surface area contributed by atoms with Crippen molar-refractivity contribution in [2.75, 3.05) is 6.54 Å². The van der Waals surface area contributed by atoms with E-state index in [2.05, 4.69) is 5.32 Å². The van der Waals surface area contributed by atoms with Gasteiger partial charge in [-0.2, -0.15) is 0 Å². The van der Waals surface area contributed by atoms with Gasteiger partial charge in [-0.1, -0.05) is 0 Å². The van der Waals surface area contributed by atoms with Crippen LogP contribution in [-0.2, 0) is 0 Å². The number of hydrogen-bond donors (Lipinski definition) is 1. The fourth-order valence-electron chi connectivity index (χ4n) is 1.72. The van der Waals surface area contributed by atoms with Crippen LogP contribution in [0, 0.1) is 11.6 Å². The van der Waals surface area contributed by atoms with E-state index >= 15 is 0 Å². The minimum Gasteiger partial charge on any atom is -0.304 e. The molecule has 1 aliphatic rings. The molecule has 0 saturated carbocycles. The second-order valence-electron chi connectivity index (χ2n) is 3.66. The van der Waals surface area contributed by atoms with Crippen LogP contribution in [0.15, 0.2) is 18.2 Å². The van der Waals surface area contributed by atoms with Crippen LogP contribution in [0.1, 0.15) is 18.0 Å². The summed E-state index contributed by atoms with van der Waals surface area (Å²) in [6.45, 7) is -0.492. The predicted molar refractivity (Wildman–Crippen MR) is 53.9 cm³/mol. The molecule has 1 saturated heterocycles. The van der Waals surface area contributed by atoms with Crippen LogP contribution in [-0.4, -0.2) is 12.5 Å². The van der Waals surface area contributed by atoms with Crippen molar-refractivity contribution in [1.82, 2.24) is 5.32 Å². The minimum absolute atomic E-state index is 0. The Morgan fingerprint density at radius 2 is 1.94 bits per heavy atom. The first-order valence-electron chi connectivity index (χ1n) is 4.54. The molecule has 6 heteroatoms. The van der Waals surface area contributed by atoms with Gasteiger partial charge in [0.2, 0.25) is 0 Å². The Morgan fingerprint density at radius 3 is 2.50 bits per heavy atom. The zero-order valence-electron chi connectivity index (χ0n) is 8.14. The van der Waals surface area contributed by atoms with Crippen LogP contribution in [0.5, 0.6) is 0 Å². The summed E-state index contributed by atoms with van der Waals surface area (Å²) in [5, 5.41) is 2.47. The van der Waals surface area contributed by atoms with Gasteiger partial charge in [0.05, 0.1) is 6.54 Å². The lowest BCUT2D eigenvalue weighted by Crippen LogP contribution is -2.19. The molecule has 16 heavy (non-hydrogen) atoms. The molecular formula is C10H10ClF4N. The van der Waals surface area contributed by atoms with Crippen LogP contribution in [0.4, 0.5) is 17.6 Å². The van der Waals surface area contributed by atoms with E-state index in [4.69, 9.17) is 0 Å². The second kappa shape index (κ2) is 4.59. The summed E-state index contributed by atoms with van der Waals surface area (Å²) in [5.74, 6) is -4.13. The van der Waals surface area contributed by atoms with Crippen molar-refractivity contribution in [2.45, 2.75) is 18.4 Å². The molecule has 0 radical (unpaired) electrons. The van der Waals surface area contributed by atoms with Crippen LogP contribution in [0.2, 0.25) is 0 Å². The number of nitrogens with one attached hydrogen (secondary N) is 1. The number of halogens is 5. The minimum atomic E-state index is -2.84. The van der Waals surface area contributed by atoms with Crippen molar-refractivity contribution in [3.05, 3.63) is 35.4 Å². The monoisotopic (exact) mass is 255 g/mol. The van der Waals surface area contributed by atoms with Crippen LogP contribution < -0.4 is 5.32 Å². The molecule has 1 atom stereocenters. The van der Waals surface area contributed by atoms with Crippen molar-refractivity contribution in [3.8, 4) is 0 Å². The largest absolute Gasteiger partial charge is 0.304 e. The summed E-state index contributed by atoms with van der Waals surface area (Å²) in [6, 6.07) is 2.05. The van der Waals surface area contributed by atoms with Gasteiger partial charge < -0.3 is 5.32 Å². The summed E-state index contributed by atoms with van der Waals surface area (Å²) in [6.07, 6.45) is -0.493. The lowest BCUT2D eigenvalue weighted by atomic mass is 10.0. The topological polar surface area (TPSA) is 12.0 Å². The highest BCUT2D eigenvalue weighted by Crippen LogP contribution is 2.34. The molecule has 1 heterocycles. The molecule has 1 N–H and O–H groups in total. The fraction of sp³-hybridized carbons (Fsp3) is 0.400. The Bertz CT molecular complexity index is 383. The molecule has 0 aromatic heterocycles. The number of alkyl halides is 2. The molecule has 1 aliphatic heterocycles. The zero-order chi connectivity index (χ0) is 11.1. The third kappa shape index (κ3) is 2.65. The second-order valence-corrected chi connectivity index (χ2v) is 3.66. The summed E-state index contributed by atoms with van der Waals surface area (Å²) in [5.41, 5.74) is -0.0350.